The van der Waals surface area contributed by atoms with Gasteiger partial charge in [0.15, 0.2) is 5.01 Å². The molecular weight excluding hydrogens is 286 g/mol. The normalized spacial score (nSPS) is 11.4. The Hall–Kier alpha value is -2.09. The summed E-state index contributed by atoms with van der Waals surface area (Å²) in [5.74, 6) is -3.80. The lowest BCUT2D eigenvalue weighted by molar-refractivity contribution is -0.114. The van der Waals surface area contributed by atoms with E-state index >= 15 is 0 Å². The van der Waals surface area contributed by atoms with Crippen molar-refractivity contribution in [3.8, 4) is 0 Å². The molecule has 0 unspecified atom stereocenters. The van der Waals surface area contributed by atoms with Crippen molar-refractivity contribution in [1.29, 1.82) is 0 Å². The molecule has 0 radical (unpaired) electrons. The number of aryl methyl sites for hydroxylation is 1. The quantitative estimate of drug-likeness (QED) is 0.912. The molecule has 0 aliphatic heterocycles. The van der Waals surface area contributed by atoms with Crippen LogP contribution in [-0.4, -0.2) is 16.1 Å². The molecule has 2 aromatic rings. The van der Waals surface area contributed by atoms with E-state index in [2.05, 4.69) is 15.5 Å². The fourth-order valence-corrected chi connectivity index (χ4v) is 2.29. The SMILES string of the molecule is CC(=O)Nc1ccc(C)cc1C(F)(F)c1nnc(N)s1. The van der Waals surface area contributed by atoms with E-state index in [4.69, 9.17) is 5.73 Å². The number of nitrogen functional groups attached to an aromatic ring is 1. The molecule has 1 aromatic heterocycles. The zero-order chi connectivity index (χ0) is 14.9. The summed E-state index contributed by atoms with van der Waals surface area (Å²) in [5, 5.41) is 8.64. The molecule has 1 heterocycles. The second-order valence-corrected chi connectivity index (χ2v) is 5.26. The van der Waals surface area contributed by atoms with E-state index in [-0.39, 0.29) is 16.4 Å². The first-order valence-corrected chi connectivity index (χ1v) is 6.48. The Labute approximate surface area is 117 Å². The number of nitrogens with zero attached hydrogens (tertiary/aromatic N) is 2. The predicted molar refractivity (Wildman–Crippen MR) is 72.8 cm³/mol. The lowest BCUT2D eigenvalue weighted by Gasteiger charge is -2.18. The lowest BCUT2D eigenvalue weighted by atomic mass is 10.0. The zero-order valence-electron chi connectivity index (χ0n) is 10.8. The Morgan fingerprint density at radius 2 is 2.10 bits per heavy atom. The number of benzene rings is 1. The number of amides is 1. The Kier molecular flexibility index (Phi) is 3.67. The van der Waals surface area contributed by atoms with Crippen molar-refractivity contribution in [3.05, 3.63) is 34.3 Å². The van der Waals surface area contributed by atoms with Crippen LogP contribution in [-0.2, 0) is 10.7 Å². The van der Waals surface area contributed by atoms with Gasteiger partial charge < -0.3 is 11.1 Å². The third-order valence-corrected chi connectivity index (χ3v) is 3.36. The molecule has 0 bridgehead atoms. The van der Waals surface area contributed by atoms with Crippen LogP contribution in [0, 0.1) is 6.92 Å². The predicted octanol–water partition coefficient (Wildman–Crippen LogP) is 2.53. The molecule has 20 heavy (non-hydrogen) atoms. The highest BCUT2D eigenvalue weighted by Gasteiger charge is 2.40. The summed E-state index contributed by atoms with van der Waals surface area (Å²) in [6.45, 7) is 2.94. The molecule has 1 amide bonds. The van der Waals surface area contributed by atoms with Gasteiger partial charge in [-0.2, -0.15) is 8.78 Å². The first-order chi connectivity index (χ1) is 9.30. The number of aromatic nitrogens is 2. The number of hydrogen-bond acceptors (Lipinski definition) is 5. The molecule has 106 valence electrons. The Morgan fingerprint density at radius 1 is 1.40 bits per heavy atom. The molecule has 2 rings (SSSR count). The van der Waals surface area contributed by atoms with Gasteiger partial charge >= 0.3 is 5.92 Å². The van der Waals surface area contributed by atoms with Gasteiger partial charge in [-0.05, 0) is 19.1 Å². The van der Waals surface area contributed by atoms with E-state index < -0.39 is 16.8 Å². The Morgan fingerprint density at radius 3 is 2.65 bits per heavy atom. The number of carbonyl (C=O) groups is 1. The fourth-order valence-electron chi connectivity index (χ4n) is 1.69. The summed E-state index contributed by atoms with van der Waals surface area (Å²) in [7, 11) is 0. The summed E-state index contributed by atoms with van der Waals surface area (Å²) in [4.78, 5) is 11.1. The van der Waals surface area contributed by atoms with Gasteiger partial charge in [0.25, 0.3) is 0 Å². The van der Waals surface area contributed by atoms with E-state index in [1.54, 1.807) is 13.0 Å². The summed E-state index contributed by atoms with van der Waals surface area (Å²) in [5.41, 5.74) is 5.70. The minimum Gasteiger partial charge on any atom is -0.374 e. The van der Waals surface area contributed by atoms with E-state index in [0.717, 1.165) is 0 Å². The number of hydrogen-bond donors (Lipinski definition) is 2. The monoisotopic (exact) mass is 298 g/mol. The minimum atomic E-state index is -3.38. The number of carbonyl (C=O) groups excluding carboxylic acids is 1. The average Bonchev–Trinajstić information content (AvgIpc) is 2.78. The topological polar surface area (TPSA) is 80.9 Å². The van der Waals surface area contributed by atoms with Crippen molar-refractivity contribution in [2.75, 3.05) is 11.1 Å². The van der Waals surface area contributed by atoms with Gasteiger partial charge in [0, 0.05) is 6.92 Å². The van der Waals surface area contributed by atoms with Gasteiger partial charge in [0.1, 0.15) is 0 Å². The summed E-state index contributed by atoms with van der Waals surface area (Å²) in [6, 6.07) is 4.38. The lowest BCUT2D eigenvalue weighted by Crippen LogP contribution is -2.19. The third-order valence-electron chi connectivity index (χ3n) is 2.53. The van der Waals surface area contributed by atoms with Gasteiger partial charge in [-0.25, -0.2) is 0 Å². The molecule has 0 aliphatic rings. The minimum absolute atomic E-state index is 0.0339. The molecule has 0 atom stereocenters. The maximum Gasteiger partial charge on any atom is 0.328 e. The number of anilines is 2. The van der Waals surface area contributed by atoms with Crippen LogP contribution in [0.1, 0.15) is 23.1 Å². The van der Waals surface area contributed by atoms with Crippen LogP contribution in [0.5, 0.6) is 0 Å². The maximum atomic E-state index is 14.5. The second-order valence-electron chi connectivity index (χ2n) is 4.25. The first kappa shape index (κ1) is 14.3. The largest absolute Gasteiger partial charge is 0.374 e. The van der Waals surface area contributed by atoms with Crippen LogP contribution >= 0.6 is 11.3 Å². The average molecular weight is 298 g/mol. The van der Waals surface area contributed by atoms with Crippen LogP contribution < -0.4 is 11.1 Å². The summed E-state index contributed by atoms with van der Waals surface area (Å²) in [6.07, 6.45) is 0. The Bertz CT molecular complexity index is 657. The highest BCUT2D eigenvalue weighted by Crippen LogP contribution is 2.41. The van der Waals surface area contributed by atoms with Crippen LogP contribution in [0.3, 0.4) is 0 Å². The van der Waals surface area contributed by atoms with Gasteiger partial charge in [-0.3, -0.25) is 4.79 Å². The number of halogens is 2. The maximum absolute atomic E-state index is 14.5. The van der Waals surface area contributed by atoms with Crippen molar-refractivity contribution in [1.82, 2.24) is 10.2 Å². The zero-order valence-corrected chi connectivity index (χ0v) is 11.6. The third kappa shape index (κ3) is 2.74. The highest BCUT2D eigenvalue weighted by atomic mass is 32.1. The summed E-state index contributed by atoms with van der Waals surface area (Å²) >= 11 is 0.616. The van der Waals surface area contributed by atoms with Crippen molar-refractivity contribution in [3.63, 3.8) is 0 Å². The molecule has 5 nitrogen and oxygen atoms in total. The van der Waals surface area contributed by atoms with E-state index in [1.165, 1.54) is 19.1 Å². The molecule has 0 saturated heterocycles. The van der Waals surface area contributed by atoms with Gasteiger partial charge in [0.2, 0.25) is 11.0 Å². The van der Waals surface area contributed by atoms with Crippen molar-refractivity contribution in [2.24, 2.45) is 0 Å². The molecule has 0 fully saturated rings. The van der Waals surface area contributed by atoms with Crippen molar-refractivity contribution in [2.45, 2.75) is 19.8 Å². The molecule has 0 saturated carbocycles. The summed E-state index contributed by atoms with van der Waals surface area (Å²) < 4.78 is 29.0. The Balaban J connectivity index is 2.54. The highest BCUT2D eigenvalue weighted by molar-refractivity contribution is 7.15. The molecule has 1 aromatic carbocycles. The second kappa shape index (κ2) is 5.12. The first-order valence-electron chi connectivity index (χ1n) is 5.66. The van der Waals surface area contributed by atoms with Gasteiger partial charge in [-0.1, -0.05) is 23.0 Å². The van der Waals surface area contributed by atoms with Crippen molar-refractivity contribution >= 4 is 28.1 Å². The van der Waals surface area contributed by atoms with Crippen LogP contribution in [0.2, 0.25) is 0 Å². The number of nitrogens with two attached hydrogens (primary N) is 1. The molecule has 0 spiro atoms. The fraction of sp³-hybridized carbons (Fsp3) is 0.250. The molecule has 8 heteroatoms. The standard InChI is InChI=1S/C12H12F2N4OS/c1-6-3-4-9(16-7(2)19)8(5-6)12(13,14)10-17-18-11(15)20-10/h3-5H,1-2H3,(H2,15,18)(H,16,19). The molecule has 3 N–H and O–H groups in total. The number of alkyl halides is 2. The number of nitrogens with one attached hydrogen (secondary N) is 1. The van der Waals surface area contributed by atoms with Crippen LogP contribution in [0.4, 0.5) is 19.6 Å². The smallest absolute Gasteiger partial charge is 0.328 e. The van der Waals surface area contributed by atoms with Gasteiger partial charge in [-0.15, -0.1) is 10.2 Å². The van der Waals surface area contributed by atoms with E-state index in [1.807, 2.05) is 0 Å². The van der Waals surface area contributed by atoms with E-state index in [0.29, 0.717) is 16.9 Å². The van der Waals surface area contributed by atoms with E-state index in [9.17, 15) is 13.6 Å². The number of rotatable bonds is 3. The molecular formula is C12H12F2N4OS. The molecule has 0 aliphatic carbocycles. The van der Waals surface area contributed by atoms with Crippen LogP contribution in [0.25, 0.3) is 0 Å². The van der Waals surface area contributed by atoms with Gasteiger partial charge in [0.05, 0.1) is 11.3 Å². The van der Waals surface area contributed by atoms with Crippen LogP contribution in [0.15, 0.2) is 18.2 Å². The van der Waals surface area contributed by atoms with Crippen molar-refractivity contribution < 1.29 is 13.6 Å².